The molecule has 144 valence electrons. The number of ether oxygens (including phenoxy) is 2. The molecule has 0 spiro atoms. The standard InChI is InChI=1S/C21H27N3O3/c1-23(13-16-5-4-9-22-12-16)15-21(25)24-10-8-17(14-24)19-11-18(26-2)6-7-20(19)27-3/h4-7,9,11-12,17H,8,10,13-15H2,1-3H3/t17-/m1/s1. The van der Waals surface area contributed by atoms with Crippen molar-refractivity contribution in [3.63, 3.8) is 0 Å². The van der Waals surface area contributed by atoms with Gasteiger partial charge in [0.05, 0.1) is 20.8 Å². The highest BCUT2D eigenvalue weighted by molar-refractivity contribution is 5.78. The van der Waals surface area contributed by atoms with Crippen LogP contribution in [0.3, 0.4) is 0 Å². The predicted octanol–water partition coefficient (Wildman–Crippen LogP) is 2.55. The van der Waals surface area contributed by atoms with Crippen LogP contribution >= 0.6 is 0 Å². The first-order valence-electron chi connectivity index (χ1n) is 9.18. The molecule has 0 radical (unpaired) electrons. The Bertz CT molecular complexity index is 767. The number of methoxy groups -OCH3 is 2. The molecule has 0 bridgehead atoms. The van der Waals surface area contributed by atoms with Gasteiger partial charge >= 0.3 is 0 Å². The van der Waals surface area contributed by atoms with Crippen molar-refractivity contribution < 1.29 is 14.3 Å². The lowest BCUT2D eigenvalue weighted by molar-refractivity contribution is -0.131. The number of rotatable bonds is 7. The SMILES string of the molecule is COc1ccc(OC)c([C@@H]2CCN(C(=O)CN(C)Cc3cccnc3)C2)c1. The number of benzene rings is 1. The first-order valence-corrected chi connectivity index (χ1v) is 9.18. The highest BCUT2D eigenvalue weighted by atomic mass is 16.5. The van der Waals surface area contributed by atoms with E-state index in [-0.39, 0.29) is 11.8 Å². The van der Waals surface area contributed by atoms with Gasteiger partial charge in [0.1, 0.15) is 11.5 Å². The number of nitrogens with zero attached hydrogens (tertiary/aromatic N) is 3. The van der Waals surface area contributed by atoms with Gasteiger partial charge in [0.2, 0.25) is 5.91 Å². The van der Waals surface area contributed by atoms with E-state index in [1.807, 2.05) is 53.4 Å². The molecule has 2 aromatic rings. The van der Waals surface area contributed by atoms with E-state index in [2.05, 4.69) is 4.98 Å². The molecule has 0 saturated carbocycles. The van der Waals surface area contributed by atoms with Gasteiger partial charge in [-0.05, 0) is 43.3 Å². The van der Waals surface area contributed by atoms with E-state index in [9.17, 15) is 4.79 Å². The van der Waals surface area contributed by atoms with Gasteiger partial charge in [0, 0.05) is 43.5 Å². The average Bonchev–Trinajstić information content (AvgIpc) is 3.18. The molecule has 0 aliphatic carbocycles. The van der Waals surface area contributed by atoms with Gasteiger partial charge < -0.3 is 14.4 Å². The van der Waals surface area contributed by atoms with E-state index in [0.717, 1.165) is 35.6 Å². The van der Waals surface area contributed by atoms with Crippen molar-refractivity contribution in [1.82, 2.24) is 14.8 Å². The molecule has 1 aromatic heterocycles. The van der Waals surface area contributed by atoms with Crippen LogP contribution in [0.2, 0.25) is 0 Å². The Labute approximate surface area is 160 Å². The smallest absolute Gasteiger partial charge is 0.236 e. The zero-order valence-corrected chi connectivity index (χ0v) is 16.2. The van der Waals surface area contributed by atoms with Crippen molar-refractivity contribution >= 4 is 5.91 Å². The van der Waals surface area contributed by atoms with Crippen LogP contribution in [-0.2, 0) is 11.3 Å². The molecule has 1 aromatic carbocycles. The maximum Gasteiger partial charge on any atom is 0.236 e. The summed E-state index contributed by atoms with van der Waals surface area (Å²) in [7, 11) is 5.30. The molecule has 1 saturated heterocycles. The van der Waals surface area contributed by atoms with Crippen LogP contribution in [0.1, 0.15) is 23.5 Å². The summed E-state index contributed by atoms with van der Waals surface area (Å²) in [6, 6.07) is 9.78. The maximum atomic E-state index is 12.7. The zero-order valence-electron chi connectivity index (χ0n) is 16.2. The van der Waals surface area contributed by atoms with Crippen LogP contribution in [0.4, 0.5) is 0 Å². The number of carbonyl (C=O) groups is 1. The molecule has 1 atom stereocenters. The molecule has 0 N–H and O–H groups in total. The number of hydrogen-bond acceptors (Lipinski definition) is 5. The van der Waals surface area contributed by atoms with Crippen molar-refractivity contribution in [3.8, 4) is 11.5 Å². The molecule has 1 amide bonds. The summed E-state index contributed by atoms with van der Waals surface area (Å²) in [5.41, 5.74) is 2.21. The van der Waals surface area contributed by atoms with Gasteiger partial charge in [-0.25, -0.2) is 0 Å². The molecule has 6 heteroatoms. The Morgan fingerprint density at radius 2 is 2.15 bits per heavy atom. The molecule has 27 heavy (non-hydrogen) atoms. The van der Waals surface area contributed by atoms with E-state index in [1.54, 1.807) is 20.4 Å². The van der Waals surface area contributed by atoms with Crippen molar-refractivity contribution in [2.75, 3.05) is 40.9 Å². The maximum absolute atomic E-state index is 12.7. The molecule has 3 rings (SSSR count). The summed E-state index contributed by atoms with van der Waals surface area (Å²) >= 11 is 0. The Morgan fingerprint density at radius 1 is 1.30 bits per heavy atom. The molecule has 2 heterocycles. The van der Waals surface area contributed by atoms with Crippen LogP contribution < -0.4 is 9.47 Å². The highest BCUT2D eigenvalue weighted by Gasteiger charge is 2.29. The third-order valence-corrected chi connectivity index (χ3v) is 5.00. The number of likely N-dealkylation sites (N-methyl/N-ethyl adjacent to an activating group) is 1. The fourth-order valence-corrected chi connectivity index (χ4v) is 3.59. The summed E-state index contributed by atoms with van der Waals surface area (Å²) in [5.74, 6) is 2.09. The lowest BCUT2D eigenvalue weighted by Gasteiger charge is -2.22. The van der Waals surface area contributed by atoms with Crippen molar-refractivity contribution in [1.29, 1.82) is 0 Å². The number of hydrogen-bond donors (Lipinski definition) is 0. The number of carbonyl (C=O) groups excluding carboxylic acids is 1. The summed E-state index contributed by atoms with van der Waals surface area (Å²) in [4.78, 5) is 20.8. The third-order valence-electron chi connectivity index (χ3n) is 5.00. The summed E-state index contributed by atoms with van der Waals surface area (Å²) in [6.07, 6.45) is 4.52. The minimum atomic E-state index is 0.158. The topological polar surface area (TPSA) is 54.9 Å². The predicted molar refractivity (Wildman–Crippen MR) is 104 cm³/mol. The second-order valence-corrected chi connectivity index (χ2v) is 6.97. The van der Waals surface area contributed by atoms with Gasteiger partial charge in [-0.3, -0.25) is 14.7 Å². The molecular weight excluding hydrogens is 342 g/mol. The number of pyridine rings is 1. The molecule has 6 nitrogen and oxygen atoms in total. The van der Waals surface area contributed by atoms with Gasteiger partial charge in [-0.1, -0.05) is 6.07 Å². The van der Waals surface area contributed by atoms with Gasteiger partial charge in [0.25, 0.3) is 0 Å². The van der Waals surface area contributed by atoms with E-state index in [0.29, 0.717) is 19.6 Å². The lowest BCUT2D eigenvalue weighted by atomic mass is 9.97. The fraction of sp³-hybridized carbons (Fsp3) is 0.429. The van der Waals surface area contributed by atoms with E-state index in [4.69, 9.17) is 9.47 Å². The van der Waals surface area contributed by atoms with Crippen LogP contribution in [0, 0.1) is 0 Å². The summed E-state index contributed by atoms with van der Waals surface area (Å²) < 4.78 is 10.9. The number of amides is 1. The minimum absolute atomic E-state index is 0.158. The number of aromatic nitrogens is 1. The normalized spacial score (nSPS) is 16.6. The first kappa shape index (κ1) is 19.2. The minimum Gasteiger partial charge on any atom is -0.497 e. The third kappa shape index (κ3) is 4.77. The first-order chi connectivity index (χ1) is 13.1. The fourth-order valence-electron chi connectivity index (χ4n) is 3.59. The van der Waals surface area contributed by atoms with E-state index in [1.165, 1.54) is 0 Å². The average molecular weight is 369 g/mol. The zero-order chi connectivity index (χ0) is 19.2. The van der Waals surface area contributed by atoms with E-state index >= 15 is 0 Å². The second kappa shape index (κ2) is 8.86. The second-order valence-electron chi connectivity index (χ2n) is 6.97. The highest BCUT2D eigenvalue weighted by Crippen LogP contribution is 2.36. The number of likely N-dealkylation sites (tertiary alicyclic amines) is 1. The monoisotopic (exact) mass is 369 g/mol. The molecule has 1 fully saturated rings. The largest absolute Gasteiger partial charge is 0.497 e. The van der Waals surface area contributed by atoms with Gasteiger partial charge in [-0.2, -0.15) is 0 Å². The van der Waals surface area contributed by atoms with Crippen molar-refractivity contribution in [2.24, 2.45) is 0 Å². The van der Waals surface area contributed by atoms with Crippen LogP contribution in [0.15, 0.2) is 42.7 Å². The Kier molecular flexibility index (Phi) is 6.29. The molecule has 1 aliphatic rings. The van der Waals surface area contributed by atoms with Gasteiger partial charge in [0.15, 0.2) is 0 Å². The Morgan fingerprint density at radius 3 is 2.85 bits per heavy atom. The molecule has 0 unspecified atom stereocenters. The van der Waals surface area contributed by atoms with Crippen LogP contribution in [0.25, 0.3) is 0 Å². The molecule has 1 aliphatic heterocycles. The van der Waals surface area contributed by atoms with E-state index < -0.39 is 0 Å². The van der Waals surface area contributed by atoms with Crippen molar-refractivity contribution in [2.45, 2.75) is 18.9 Å². The summed E-state index contributed by atoms with van der Waals surface area (Å²) in [5, 5.41) is 0. The Balaban J connectivity index is 1.59. The van der Waals surface area contributed by atoms with Crippen molar-refractivity contribution in [3.05, 3.63) is 53.9 Å². The van der Waals surface area contributed by atoms with Gasteiger partial charge in [-0.15, -0.1) is 0 Å². The van der Waals surface area contributed by atoms with Crippen LogP contribution in [0.5, 0.6) is 11.5 Å². The Hall–Kier alpha value is -2.60. The lowest BCUT2D eigenvalue weighted by Crippen LogP contribution is -2.37. The molecular formula is C21H27N3O3. The quantitative estimate of drug-likeness (QED) is 0.751. The van der Waals surface area contributed by atoms with Crippen LogP contribution in [-0.4, -0.2) is 61.6 Å². The summed E-state index contributed by atoms with van der Waals surface area (Å²) in [6.45, 7) is 2.59.